The van der Waals surface area contributed by atoms with Crippen LogP contribution in [0.1, 0.15) is 17.7 Å². The van der Waals surface area contributed by atoms with E-state index in [1.807, 2.05) is 37.3 Å². The maximum Gasteiger partial charge on any atom is 0.324 e. The Morgan fingerprint density at radius 3 is 2.50 bits per heavy atom. The van der Waals surface area contributed by atoms with Crippen LogP contribution in [0.15, 0.2) is 30.3 Å². The number of carbonyl (C=O) groups excluding carboxylic acids is 1. The molecular weight excluding hydrogens is 316 g/mol. The molecular formula is C16H22N2O2S2. The molecule has 0 radical (unpaired) electrons. The Morgan fingerprint density at radius 1 is 1.27 bits per heavy atom. The van der Waals surface area contributed by atoms with Gasteiger partial charge in [0.25, 0.3) is 0 Å². The molecule has 0 aromatic heterocycles. The van der Waals surface area contributed by atoms with Gasteiger partial charge in [-0.25, -0.2) is 0 Å². The molecule has 0 aliphatic carbocycles. The monoisotopic (exact) mass is 338 g/mol. The van der Waals surface area contributed by atoms with Gasteiger partial charge in [0.1, 0.15) is 9.57 Å². The molecule has 0 spiro atoms. The summed E-state index contributed by atoms with van der Waals surface area (Å²) < 4.78 is 5.99. The topological polar surface area (TPSA) is 32.8 Å². The zero-order valence-corrected chi connectivity index (χ0v) is 14.7. The van der Waals surface area contributed by atoms with Crippen LogP contribution in [0.4, 0.5) is 0 Å². The molecule has 0 amide bonds. The standard InChI is InChI=1S/C16H22N2O2S2/c1-3-20-15(19)14(13-7-5-4-6-8-13)22-16(21)18-11-9-17(2)10-12-18/h4-8,14H,3,9-12H2,1-2H3. The van der Waals surface area contributed by atoms with Crippen molar-refractivity contribution in [3.05, 3.63) is 35.9 Å². The smallest absolute Gasteiger partial charge is 0.324 e. The highest BCUT2D eigenvalue weighted by Crippen LogP contribution is 2.32. The number of rotatable bonds is 4. The van der Waals surface area contributed by atoms with Crippen LogP contribution in [0.2, 0.25) is 0 Å². The highest BCUT2D eigenvalue weighted by atomic mass is 32.2. The van der Waals surface area contributed by atoms with Gasteiger partial charge < -0.3 is 14.5 Å². The SMILES string of the molecule is CCOC(=O)C(SC(=S)N1CCN(C)CC1)c1ccccc1. The summed E-state index contributed by atoms with van der Waals surface area (Å²) in [6.45, 7) is 6.01. The summed E-state index contributed by atoms with van der Waals surface area (Å²) in [4.78, 5) is 16.7. The first kappa shape index (κ1) is 17.2. The number of thioether (sulfide) groups is 1. The Labute approximate surface area is 141 Å². The summed E-state index contributed by atoms with van der Waals surface area (Å²) in [6.07, 6.45) is 0. The fourth-order valence-corrected chi connectivity index (χ4v) is 3.72. The third-order valence-corrected chi connectivity index (χ3v) is 5.29. The molecule has 22 heavy (non-hydrogen) atoms. The molecule has 4 nitrogen and oxygen atoms in total. The highest BCUT2D eigenvalue weighted by Gasteiger charge is 2.27. The van der Waals surface area contributed by atoms with Gasteiger partial charge in [-0.05, 0) is 19.5 Å². The number of benzene rings is 1. The number of carbonyl (C=O) groups is 1. The Morgan fingerprint density at radius 2 is 1.91 bits per heavy atom. The largest absolute Gasteiger partial charge is 0.465 e. The molecule has 120 valence electrons. The van der Waals surface area contributed by atoms with E-state index in [0.717, 1.165) is 36.1 Å². The van der Waals surface area contributed by atoms with Crippen molar-refractivity contribution in [2.45, 2.75) is 12.2 Å². The van der Waals surface area contributed by atoms with Gasteiger partial charge >= 0.3 is 5.97 Å². The minimum absolute atomic E-state index is 0.227. The van der Waals surface area contributed by atoms with Crippen molar-refractivity contribution in [1.29, 1.82) is 0 Å². The lowest BCUT2D eigenvalue weighted by molar-refractivity contribution is -0.142. The van der Waals surface area contributed by atoms with Gasteiger partial charge in [-0.15, -0.1) is 0 Å². The van der Waals surface area contributed by atoms with Gasteiger partial charge in [0.05, 0.1) is 6.61 Å². The van der Waals surface area contributed by atoms with E-state index in [-0.39, 0.29) is 5.97 Å². The van der Waals surface area contributed by atoms with Gasteiger partial charge in [-0.2, -0.15) is 0 Å². The molecule has 0 saturated carbocycles. The Balaban J connectivity index is 2.06. The first-order chi connectivity index (χ1) is 10.6. The second kappa shape index (κ2) is 8.50. The first-order valence-electron chi connectivity index (χ1n) is 7.47. The minimum atomic E-state index is -0.395. The van der Waals surface area contributed by atoms with E-state index >= 15 is 0 Å². The molecule has 1 atom stereocenters. The van der Waals surface area contributed by atoms with Crippen molar-refractivity contribution >= 4 is 34.3 Å². The normalized spacial score (nSPS) is 17.1. The van der Waals surface area contributed by atoms with E-state index in [1.54, 1.807) is 0 Å². The number of piperazine rings is 1. The lowest BCUT2D eigenvalue weighted by atomic mass is 10.1. The number of esters is 1. The summed E-state index contributed by atoms with van der Waals surface area (Å²) >= 11 is 6.97. The van der Waals surface area contributed by atoms with Gasteiger partial charge in [0, 0.05) is 26.2 Å². The van der Waals surface area contributed by atoms with E-state index in [9.17, 15) is 4.79 Å². The summed E-state index contributed by atoms with van der Waals surface area (Å²) in [6, 6.07) is 9.69. The van der Waals surface area contributed by atoms with E-state index in [2.05, 4.69) is 16.8 Å². The van der Waals surface area contributed by atoms with Crippen LogP contribution in [0, 0.1) is 0 Å². The zero-order chi connectivity index (χ0) is 15.9. The summed E-state index contributed by atoms with van der Waals surface area (Å²) in [5.41, 5.74) is 0.933. The molecule has 6 heteroatoms. The first-order valence-corrected chi connectivity index (χ1v) is 8.76. The number of likely N-dealkylation sites (N-methyl/N-ethyl adjacent to an activating group) is 1. The van der Waals surface area contributed by atoms with Crippen LogP contribution in [0.5, 0.6) is 0 Å². The molecule has 1 aromatic carbocycles. The predicted molar refractivity (Wildman–Crippen MR) is 95.1 cm³/mol. The van der Waals surface area contributed by atoms with Gasteiger partial charge in [0.15, 0.2) is 0 Å². The molecule has 1 aliphatic heterocycles. The Bertz CT molecular complexity index is 502. The maximum atomic E-state index is 12.3. The van der Waals surface area contributed by atoms with Gasteiger partial charge in [-0.1, -0.05) is 54.3 Å². The minimum Gasteiger partial charge on any atom is -0.465 e. The quantitative estimate of drug-likeness (QED) is 0.620. The molecule has 1 aromatic rings. The van der Waals surface area contributed by atoms with Crippen LogP contribution in [0.25, 0.3) is 0 Å². The molecule has 1 fully saturated rings. The number of hydrogen-bond acceptors (Lipinski definition) is 5. The van der Waals surface area contributed by atoms with Crippen molar-refractivity contribution in [3.8, 4) is 0 Å². The second-order valence-corrected chi connectivity index (χ2v) is 6.96. The van der Waals surface area contributed by atoms with Crippen molar-refractivity contribution in [3.63, 3.8) is 0 Å². The summed E-state index contributed by atoms with van der Waals surface area (Å²) in [5.74, 6) is -0.227. The number of nitrogens with zero attached hydrogens (tertiary/aromatic N) is 2. The number of hydrogen-bond donors (Lipinski definition) is 0. The molecule has 1 saturated heterocycles. The lowest BCUT2D eigenvalue weighted by Crippen LogP contribution is -2.46. The van der Waals surface area contributed by atoms with Crippen LogP contribution in [-0.2, 0) is 9.53 Å². The second-order valence-electron chi connectivity index (χ2n) is 5.22. The van der Waals surface area contributed by atoms with Crippen molar-refractivity contribution in [2.75, 3.05) is 39.8 Å². The summed E-state index contributed by atoms with van der Waals surface area (Å²) in [5, 5.41) is -0.395. The van der Waals surface area contributed by atoms with Gasteiger partial charge in [-0.3, -0.25) is 4.79 Å². The molecule has 0 bridgehead atoms. The van der Waals surface area contributed by atoms with Crippen LogP contribution < -0.4 is 0 Å². The van der Waals surface area contributed by atoms with E-state index in [0.29, 0.717) is 6.61 Å². The third-order valence-electron chi connectivity index (χ3n) is 3.58. The maximum absolute atomic E-state index is 12.3. The van der Waals surface area contributed by atoms with Crippen molar-refractivity contribution < 1.29 is 9.53 Å². The summed E-state index contributed by atoms with van der Waals surface area (Å²) in [7, 11) is 2.11. The van der Waals surface area contributed by atoms with Crippen LogP contribution >= 0.6 is 24.0 Å². The van der Waals surface area contributed by atoms with E-state index in [1.165, 1.54) is 11.8 Å². The fourth-order valence-electron chi connectivity index (χ4n) is 2.26. The van der Waals surface area contributed by atoms with E-state index < -0.39 is 5.25 Å². The zero-order valence-electron chi connectivity index (χ0n) is 13.0. The molecule has 2 rings (SSSR count). The average Bonchev–Trinajstić information content (AvgIpc) is 2.54. The van der Waals surface area contributed by atoms with Crippen molar-refractivity contribution in [2.24, 2.45) is 0 Å². The van der Waals surface area contributed by atoms with Crippen LogP contribution in [0.3, 0.4) is 0 Å². The Kier molecular flexibility index (Phi) is 6.67. The Hall–Kier alpha value is -1.11. The predicted octanol–water partition coefficient (Wildman–Crippen LogP) is 2.56. The van der Waals surface area contributed by atoms with Crippen molar-refractivity contribution in [1.82, 2.24) is 9.80 Å². The number of thiocarbonyl (C=S) groups is 1. The number of ether oxygens (including phenoxy) is 1. The van der Waals surface area contributed by atoms with Gasteiger partial charge in [0.2, 0.25) is 0 Å². The van der Waals surface area contributed by atoms with Crippen LogP contribution in [-0.4, -0.2) is 59.9 Å². The lowest BCUT2D eigenvalue weighted by Gasteiger charge is -2.34. The molecule has 1 aliphatic rings. The molecule has 1 heterocycles. The highest BCUT2D eigenvalue weighted by molar-refractivity contribution is 8.23. The third kappa shape index (κ3) is 4.69. The van der Waals surface area contributed by atoms with E-state index in [4.69, 9.17) is 17.0 Å². The fraction of sp³-hybridized carbons (Fsp3) is 0.500. The molecule has 1 unspecified atom stereocenters. The molecule has 0 N–H and O–H groups in total. The average molecular weight is 338 g/mol.